The molecule has 0 saturated carbocycles. The Kier molecular flexibility index (Phi) is 4.44. The molecule has 6 nitrogen and oxygen atoms in total. The molecule has 1 fully saturated rings. The van der Waals surface area contributed by atoms with Gasteiger partial charge in [0.05, 0.1) is 6.54 Å². The lowest BCUT2D eigenvalue weighted by atomic mass is 9.92. The van der Waals surface area contributed by atoms with E-state index in [0.717, 1.165) is 20.1 Å². The maximum atomic E-state index is 13.4. The van der Waals surface area contributed by atoms with Crippen LogP contribution in [-0.4, -0.2) is 16.8 Å². The van der Waals surface area contributed by atoms with E-state index in [9.17, 15) is 14.4 Å². The second kappa shape index (κ2) is 7.06. The van der Waals surface area contributed by atoms with Gasteiger partial charge in [0.15, 0.2) is 0 Å². The zero-order valence-corrected chi connectivity index (χ0v) is 18.1. The molecular weight excluding hydrogens is 460 g/mol. The molecule has 31 heavy (non-hydrogen) atoms. The summed E-state index contributed by atoms with van der Waals surface area (Å²) in [5.41, 5.74) is -0.0729. The number of hydrogen-bond donors (Lipinski definition) is 1. The van der Waals surface area contributed by atoms with Crippen LogP contribution in [0.2, 0.25) is 0 Å². The molecule has 5 rings (SSSR count). The zero-order chi connectivity index (χ0) is 21.8. The Hall–Kier alpha value is -3.45. The first-order chi connectivity index (χ1) is 14.9. The van der Waals surface area contributed by atoms with E-state index in [2.05, 4.69) is 21.2 Å². The molecule has 1 aromatic heterocycles. The second-order valence-corrected chi connectivity index (χ2v) is 8.62. The molecule has 4 aromatic rings. The number of nitrogens with one attached hydrogen (secondary N) is 1. The second-order valence-electron chi connectivity index (χ2n) is 7.71. The summed E-state index contributed by atoms with van der Waals surface area (Å²) >= 11 is 3.41. The Balaban J connectivity index is 1.62. The Labute approximate surface area is 185 Å². The van der Waals surface area contributed by atoms with E-state index in [1.165, 1.54) is 6.07 Å². The Bertz CT molecular complexity index is 1440. The lowest BCUT2D eigenvalue weighted by molar-refractivity contribution is -0.131. The summed E-state index contributed by atoms with van der Waals surface area (Å²) in [6.45, 7) is 1.65. The summed E-state index contributed by atoms with van der Waals surface area (Å²) in [4.78, 5) is 39.5. The predicted octanol–water partition coefficient (Wildman–Crippen LogP) is 4.68. The number of urea groups is 1. The van der Waals surface area contributed by atoms with Crippen molar-refractivity contribution in [2.75, 3.05) is 0 Å². The fourth-order valence-corrected chi connectivity index (χ4v) is 4.55. The highest BCUT2D eigenvalue weighted by molar-refractivity contribution is 9.10. The van der Waals surface area contributed by atoms with Crippen LogP contribution in [0.4, 0.5) is 4.79 Å². The van der Waals surface area contributed by atoms with Crippen LogP contribution in [0.3, 0.4) is 0 Å². The SMILES string of the molecule is CC1(c2cccc(Br)c2)NC(=O)N(Cc2cc(=O)oc3ccc4ccccc4c23)C1=O. The average Bonchev–Trinajstić information content (AvgIpc) is 2.97. The third-order valence-electron chi connectivity index (χ3n) is 5.72. The highest BCUT2D eigenvalue weighted by atomic mass is 79.9. The molecular formula is C24H17BrN2O4. The molecule has 1 N–H and O–H groups in total. The summed E-state index contributed by atoms with van der Waals surface area (Å²) in [7, 11) is 0. The number of hydrogen-bond acceptors (Lipinski definition) is 4. The van der Waals surface area contributed by atoms with E-state index in [4.69, 9.17) is 4.42 Å². The molecule has 0 bridgehead atoms. The number of carbonyl (C=O) groups is 2. The molecule has 3 aromatic carbocycles. The van der Waals surface area contributed by atoms with Gasteiger partial charge in [0, 0.05) is 15.9 Å². The molecule has 2 heterocycles. The van der Waals surface area contributed by atoms with Crippen LogP contribution in [-0.2, 0) is 16.9 Å². The first kappa shape index (κ1) is 19.5. The van der Waals surface area contributed by atoms with Gasteiger partial charge in [-0.2, -0.15) is 0 Å². The number of fused-ring (bicyclic) bond motifs is 3. The summed E-state index contributed by atoms with van der Waals surface area (Å²) in [6, 6.07) is 19.4. The normalized spacial score (nSPS) is 18.7. The monoisotopic (exact) mass is 476 g/mol. The molecule has 1 aliphatic heterocycles. The van der Waals surface area contributed by atoms with Crippen molar-refractivity contribution in [2.45, 2.75) is 19.0 Å². The van der Waals surface area contributed by atoms with E-state index in [-0.39, 0.29) is 12.5 Å². The quantitative estimate of drug-likeness (QED) is 0.264. The minimum Gasteiger partial charge on any atom is -0.423 e. The standard InChI is InChI=1S/C24H17BrN2O4/c1-24(16-6-4-7-17(25)12-16)22(29)27(23(30)26-24)13-15-11-20(28)31-19-10-9-14-5-2-3-8-18(14)21(15)19/h2-12H,13H2,1H3,(H,26,30). The molecule has 0 aliphatic carbocycles. The van der Waals surface area contributed by atoms with Crippen molar-refractivity contribution in [2.24, 2.45) is 0 Å². The first-order valence-corrected chi connectivity index (χ1v) is 10.5. The molecule has 154 valence electrons. The molecule has 0 spiro atoms. The molecule has 1 atom stereocenters. The Morgan fingerprint density at radius 1 is 1.00 bits per heavy atom. The first-order valence-electron chi connectivity index (χ1n) is 9.71. The van der Waals surface area contributed by atoms with Crippen molar-refractivity contribution in [3.05, 3.63) is 92.7 Å². The summed E-state index contributed by atoms with van der Waals surface area (Å²) in [6.07, 6.45) is 0. The maximum absolute atomic E-state index is 13.4. The fraction of sp³-hybridized carbons (Fsp3) is 0.125. The van der Waals surface area contributed by atoms with Gasteiger partial charge in [-0.15, -0.1) is 0 Å². The number of amides is 3. The van der Waals surface area contributed by atoms with Crippen molar-refractivity contribution in [3.63, 3.8) is 0 Å². The topological polar surface area (TPSA) is 79.6 Å². The zero-order valence-electron chi connectivity index (χ0n) is 16.5. The molecule has 0 radical (unpaired) electrons. The number of imide groups is 1. The van der Waals surface area contributed by atoms with E-state index in [1.807, 2.05) is 48.5 Å². The summed E-state index contributed by atoms with van der Waals surface area (Å²) in [5, 5.41) is 5.39. The van der Waals surface area contributed by atoms with Crippen molar-refractivity contribution in [1.29, 1.82) is 0 Å². The summed E-state index contributed by atoms with van der Waals surface area (Å²) in [5.74, 6) is -0.378. The van der Waals surface area contributed by atoms with Crippen LogP contribution >= 0.6 is 15.9 Å². The van der Waals surface area contributed by atoms with Crippen molar-refractivity contribution in [3.8, 4) is 0 Å². The van der Waals surface area contributed by atoms with Gasteiger partial charge in [-0.3, -0.25) is 9.69 Å². The van der Waals surface area contributed by atoms with Gasteiger partial charge >= 0.3 is 11.7 Å². The van der Waals surface area contributed by atoms with Crippen LogP contribution in [0.5, 0.6) is 0 Å². The highest BCUT2D eigenvalue weighted by Crippen LogP contribution is 2.33. The number of halogens is 1. The molecule has 1 unspecified atom stereocenters. The third-order valence-corrected chi connectivity index (χ3v) is 6.21. The number of carbonyl (C=O) groups excluding carboxylic acids is 2. The number of nitrogens with zero attached hydrogens (tertiary/aromatic N) is 1. The van der Waals surface area contributed by atoms with E-state index < -0.39 is 17.2 Å². The Morgan fingerprint density at radius 3 is 2.61 bits per heavy atom. The van der Waals surface area contributed by atoms with E-state index in [1.54, 1.807) is 19.1 Å². The van der Waals surface area contributed by atoms with Gasteiger partial charge in [0.1, 0.15) is 11.1 Å². The highest BCUT2D eigenvalue weighted by Gasteiger charge is 2.49. The largest absolute Gasteiger partial charge is 0.423 e. The minimum absolute atomic E-state index is 0.0373. The van der Waals surface area contributed by atoms with Crippen LogP contribution in [0.25, 0.3) is 21.7 Å². The van der Waals surface area contributed by atoms with Crippen molar-refractivity contribution >= 4 is 49.6 Å². The lowest BCUT2D eigenvalue weighted by Crippen LogP contribution is -2.40. The van der Waals surface area contributed by atoms with Crippen molar-refractivity contribution in [1.82, 2.24) is 10.2 Å². The van der Waals surface area contributed by atoms with Gasteiger partial charge in [-0.1, -0.05) is 58.4 Å². The summed E-state index contributed by atoms with van der Waals surface area (Å²) < 4.78 is 6.20. The van der Waals surface area contributed by atoms with Gasteiger partial charge in [0.25, 0.3) is 5.91 Å². The van der Waals surface area contributed by atoms with Crippen LogP contribution < -0.4 is 10.9 Å². The molecule has 3 amide bonds. The number of benzene rings is 3. The van der Waals surface area contributed by atoms with Crippen LogP contribution in [0.1, 0.15) is 18.1 Å². The third kappa shape index (κ3) is 3.13. The van der Waals surface area contributed by atoms with Crippen LogP contribution in [0, 0.1) is 0 Å². The van der Waals surface area contributed by atoms with Gasteiger partial charge in [-0.05, 0) is 47.0 Å². The number of rotatable bonds is 3. The smallest absolute Gasteiger partial charge is 0.336 e. The average molecular weight is 477 g/mol. The molecule has 1 aliphatic rings. The van der Waals surface area contributed by atoms with Gasteiger partial charge in [0.2, 0.25) is 0 Å². The van der Waals surface area contributed by atoms with E-state index in [0.29, 0.717) is 22.1 Å². The van der Waals surface area contributed by atoms with Crippen molar-refractivity contribution < 1.29 is 14.0 Å². The van der Waals surface area contributed by atoms with Crippen LogP contribution in [0.15, 0.2) is 80.4 Å². The maximum Gasteiger partial charge on any atom is 0.336 e. The lowest BCUT2D eigenvalue weighted by Gasteiger charge is -2.22. The molecule has 1 saturated heterocycles. The van der Waals surface area contributed by atoms with E-state index >= 15 is 0 Å². The van der Waals surface area contributed by atoms with Gasteiger partial charge in [-0.25, -0.2) is 9.59 Å². The fourth-order valence-electron chi connectivity index (χ4n) is 4.15. The molecule has 7 heteroatoms. The van der Waals surface area contributed by atoms with Gasteiger partial charge < -0.3 is 9.73 Å². The Morgan fingerprint density at radius 2 is 1.81 bits per heavy atom. The predicted molar refractivity (Wildman–Crippen MR) is 121 cm³/mol. The minimum atomic E-state index is -1.20.